The van der Waals surface area contributed by atoms with Crippen LogP contribution in [0, 0.1) is 13.8 Å². The van der Waals surface area contributed by atoms with Gasteiger partial charge in [-0.2, -0.15) is 0 Å². The van der Waals surface area contributed by atoms with Gasteiger partial charge in [0.1, 0.15) is 6.04 Å². The third-order valence-electron chi connectivity index (χ3n) is 4.66. The number of sulfonamides is 1. The molecule has 162 valence electrons. The monoisotopic (exact) mass is 431 g/mol. The summed E-state index contributed by atoms with van der Waals surface area (Å²) in [6.45, 7) is 7.65. The van der Waals surface area contributed by atoms with Crippen molar-refractivity contribution in [3.63, 3.8) is 0 Å². The zero-order valence-electron chi connectivity index (χ0n) is 18.0. The Morgan fingerprint density at radius 2 is 1.77 bits per heavy atom. The van der Waals surface area contributed by atoms with Gasteiger partial charge < -0.3 is 10.6 Å². The number of amides is 2. The maximum Gasteiger partial charge on any atom is 0.253 e. The normalized spacial score (nSPS) is 12.2. The molecule has 2 amide bonds. The highest BCUT2D eigenvalue weighted by molar-refractivity contribution is 7.92. The van der Waals surface area contributed by atoms with Crippen molar-refractivity contribution in [2.45, 2.75) is 40.2 Å². The Kier molecular flexibility index (Phi) is 7.61. The molecular formula is C22H29N3O4S. The molecule has 0 bridgehead atoms. The standard InChI is InChI=1S/C22H29N3O4S/c1-6-13-23-22(27)18-9-7-8-10-19(18)24-21(26)17(4)25(30(5,28)29)20-14-15(2)11-12-16(20)3/h7-12,14,17H,6,13H2,1-5H3,(H,23,27)(H,24,26)/t17-/m1/s1. The number of nitrogens with one attached hydrogen (secondary N) is 2. The lowest BCUT2D eigenvalue weighted by molar-refractivity contribution is -0.116. The molecule has 0 aromatic heterocycles. The van der Waals surface area contributed by atoms with Gasteiger partial charge in [0, 0.05) is 6.54 Å². The number of benzene rings is 2. The summed E-state index contributed by atoms with van der Waals surface area (Å²) in [6.07, 6.45) is 1.86. The van der Waals surface area contributed by atoms with Gasteiger partial charge in [-0.15, -0.1) is 0 Å². The predicted molar refractivity (Wildman–Crippen MR) is 120 cm³/mol. The molecule has 30 heavy (non-hydrogen) atoms. The maximum absolute atomic E-state index is 13.0. The van der Waals surface area contributed by atoms with Gasteiger partial charge in [-0.05, 0) is 56.5 Å². The van der Waals surface area contributed by atoms with E-state index in [1.165, 1.54) is 6.92 Å². The number of carbonyl (C=O) groups is 2. The maximum atomic E-state index is 13.0. The number of carbonyl (C=O) groups excluding carboxylic acids is 2. The van der Waals surface area contributed by atoms with Crippen LogP contribution in [0.1, 0.15) is 41.8 Å². The molecule has 0 spiro atoms. The molecule has 8 heteroatoms. The Hall–Kier alpha value is -2.87. The summed E-state index contributed by atoms with van der Waals surface area (Å²) in [5.74, 6) is -0.827. The molecule has 0 aliphatic carbocycles. The van der Waals surface area contributed by atoms with Crippen LogP contribution in [0.4, 0.5) is 11.4 Å². The van der Waals surface area contributed by atoms with Crippen molar-refractivity contribution in [1.82, 2.24) is 5.32 Å². The zero-order chi connectivity index (χ0) is 22.5. The highest BCUT2D eigenvalue weighted by Gasteiger charge is 2.30. The average molecular weight is 432 g/mol. The summed E-state index contributed by atoms with van der Waals surface area (Å²) in [6, 6.07) is 11.1. The van der Waals surface area contributed by atoms with Crippen molar-refractivity contribution in [2.24, 2.45) is 0 Å². The third kappa shape index (κ3) is 5.60. The van der Waals surface area contributed by atoms with Gasteiger partial charge >= 0.3 is 0 Å². The molecule has 2 rings (SSSR count). The second kappa shape index (κ2) is 9.75. The van der Waals surface area contributed by atoms with Gasteiger partial charge in [0.25, 0.3) is 5.91 Å². The lowest BCUT2D eigenvalue weighted by Gasteiger charge is -2.30. The van der Waals surface area contributed by atoms with Gasteiger partial charge in [0.2, 0.25) is 15.9 Å². The van der Waals surface area contributed by atoms with Crippen molar-refractivity contribution >= 4 is 33.2 Å². The van der Waals surface area contributed by atoms with Gasteiger partial charge in [-0.3, -0.25) is 13.9 Å². The van der Waals surface area contributed by atoms with E-state index in [1.54, 1.807) is 37.3 Å². The first-order valence-electron chi connectivity index (χ1n) is 9.81. The number of nitrogens with zero attached hydrogens (tertiary/aromatic N) is 1. The van der Waals surface area contributed by atoms with Crippen LogP contribution in [-0.2, 0) is 14.8 Å². The van der Waals surface area contributed by atoms with E-state index in [2.05, 4.69) is 10.6 Å². The first-order valence-corrected chi connectivity index (χ1v) is 11.7. The molecule has 0 heterocycles. The molecular weight excluding hydrogens is 402 g/mol. The van der Waals surface area contributed by atoms with Crippen molar-refractivity contribution in [2.75, 3.05) is 22.4 Å². The number of aryl methyl sites for hydroxylation is 2. The topological polar surface area (TPSA) is 95.6 Å². The summed E-state index contributed by atoms with van der Waals surface area (Å²) in [5, 5.41) is 5.50. The summed E-state index contributed by atoms with van der Waals surface area (Å²) in [5.41, 5.74) is 2.73. The largest absolute Gasteiger partial charge is 0.352 e. The van der Waals surface area contributed by atoms with Crippen LogP contribution in [0.5, 0.6) is 0 Å². The van der Waals surface area contributed by atoms with Crippen LogP contribution >= 0.6 is 0 Å². The number of rotatable bonds is 8. The van der Waals surface area contributed by atoms with E-state index in [4.69, 9.17) is 0 Å². The van der Waals surface area contributed by atoms with E-state index in [0.29, 0.717) is 23.5 Å². The summed E-state index contributed by atoms with van der Waals surface area (Å²) < 4.78 is 26.3. The third-order valence-corrected chi connectivity index (χ3v) is 5.88. The Morgan fingerprint density at radius 1 is 1.10 bits per heavy atom. The van der Waals surface area contributed by atoms with Crippen LogP contribution in [-0.4, -0.2) is 39.1 Å². The molecule has 0 saturated heterocycles. The van der Waals surface area contributed by atoms with E-state index >= 15 is 0 Å². The summed E-state index contributed by atoms with van der Waals surface area (Å²) in [4.78, 5) is 25.4. The van der Waals surface area contributed by atoms with Crippen LogP contribution in [0.15, 0.2) is 42.5 Å². The van der Waals surface area contributed by atoms with Gasteiger partial charge in [0.15, 0.2) is 0 Å². The quantitative estimate of drug-likeness (QED) is 0.671. The molecule has 2 aromatic carbocycles. The fraction of sp³-hybridized carbons (Fsp3) is 0.364. The first-order chi connectivity index (χ1) is 14.1. The fourth-order valence-electron chi connectivity index (χ4n) is 3.10. The van der Waals surface area contributed by atoms with Crippen LogP contribution in [0.3, 0.4) is 0 Å². The van der Waals surface area contributed by atoms with Crippen molar-refractivity contribution < 1.29 is 18.0 Å². The average Bonchev–Trinajstić information content (AvgIpc) is 2.68. The summed E-state index contributed by atoms with van der Waals surface area (Å²) in [7, 11) is -3.74. The van der Waals surface area contributed by atoms with E-state index in [0.717, 1.165) is 28.1 Å². The first kappa shape index (κ1) is 23.4. The van der Waals surface area contributed by atoms with Crippen LogP contribution in [0.25, 0.3) is 0 Å². The molecule has 2 N–H and O–H groups in total. The molecule has 1 atom stereocenters. The van der Waals surface area contributed by atoms with Crippen molar-refractivity contribution in [3.8, 4) is 0 Å². The Labute approximate surface area is 178 Å². The van der Waals surface area contributed by atoms with Gasteiger partial charge in [-0.25, -0.2) is 8.42 Å². The number of para-hydroxylation sites is 1. The van der Waals surface area contributed by atoms with Crippen molar-refractivity contribution in [1.29, 1.82) is 0 Å². The Balaban J connectivity index is 2.36. The molecule has 0 saturated carbocycles. The number of hydrogen-bond donors (Lipinski definition) is 2. The van der Waals surface area contributed by atoms with Crippen LogP contribution in [0.2, 0.25) is 0 Å². The second-order valence-electron chi connectivity index (χ2n) is 7.32. The molecule has 0 aliphatic rings. The van der Waals surface area contributed by atoms with E-state index in [9.17, 15) is 18.0 Å². The number of hydrogen-bond acceptors (Lipinski definition) is 4. The fourth-order valence-corrected chi connectivity index (χ4v) is 4.32. The molecule has 2 aromatic rings. The lowest BCUT2D eigenvalue weighted by atomic mass is 10.1. The van der Waals surface area contributed by atoms with Gasteiger partial charge in [0.05, 0.1) is 23.2 Å². The van der Waals surface area contributed by atoms with Crippen molar-refractivity contribution in [3.05, 3.63) is 59.2 Å². The Bertz CT molecular complexity index is 1030. The lowest BCUT2D eigenvalue weighted by Crippen LogP contribution is -2.46. The molecule has 7 nitrogen and oxygen atoms in total. The number of anilines is 2. The minimum Gasteiger partial charge on any atom is -0.352 e. The molecule has 0 radical (unpaired) electrons. The summed E-state index contributed by atoms with van der Waals surface area (Å²) >= 11 is 0. The molecule has 0 unspecified atom stereocenters. The zero-order valence-corrected chi connectivity index (χ0v) is 18.8. The highest BCUT2D eigenvalue weighted by atomic mass is 32.2. The minimum atomic E-state index is -3.74. The van der Waals surface area contributed by atoms with E-state index < -0.39 is 22.0 Å². The van der Waals surface area contributed by atoms with Crippen LogP contribution < -0.4 is 14.9 Å². The second-order valence-corrected chi connectivity index (χ2v) is 9.17. The molecule has 0 fully saturated rings. The van der Waals surface area contributed by atoms with E-state index in [-0.39, 0.29) is 5.91 Å². The molecule has 0 aliphatic heterocycles. The predicted octanol–water partition coefficient (Wildman–Crippen LogP) is 3.24. The van der Waals surface area contributed by atoms with E-state index in [1.807, 2.05) is 26.0 Å². The Morgan fingerprint density at radius 3 is 2.40 bits per heavy atom. The minimum absolute atomic E-state index is 0.296. The van der Waals surface area contributed by atoms with Gasteiger partial charge in [-0.1, -0.05) is 31.2 Å². The smallest absolute Gasteiger partial charge is 0.253 e. The highest BCUT2D eigenvalue weighted by Crippen LogP contribution is 2.27. The SMILES string of the molecule is CCCNC(=O)c1ccccc1NC(=O)[C@@H](C)N(c1cc(C)ccc1C)S(C)(=O)=O.